The molecule has 0 unspecified atom stereocenters. The molecule has 0 fully saturated rings. The average molecular weight is 230 g/mol. The molecule has 17 heavy (non-hydrogen) atoms. The van der Waals surface area contributed by atoms with Crippen molar-refractivity contribution in [3.05, 3.63) is 41.0 Å². The van der Waals surface area contributed by atoms with Crippen LogP contribution in [0.5, 0.6) is 5.75 Å². The minimum atomic E-state index is -0.000436. The van der Waals surface area contributed by atoms with Gasteiger partial charge in [0.2, 0.25) is 0 Å². The lowest BCUT2D eigenvalue weighted by Crippen LogP contribution is -1.93. The molecular formula is C15H18O2. The number of phenolic OH excluding ortho intramolecular Hbond substituents is 1. The Labute approximate surface area is 102 Å². The summed E-state index contributed by atoms with van der Waals surface area (Å²) < 4.78 is 0. The van der Waals surface area contributed by atoms with Crippen LogP contribution in [0.15, 0.2) is 24.3 Å². The van der Waals surface area contributed by atoms with Gasteiger partial charge >= 0.3 is 0 Å². The summed E-state index contributed by atoms with van der Waals surface area (Å²) in [7, 11) is 0. The van der Waals surface area contributed by atoms with Gasteiger partial charge in [-0.25, -0.2) is 0 Å². The number of aliphatic hydroxyl groups excluding tert-OH is 1. The quantitative estimate of drug-likeness (QED) is 0.829. The first kappa shape index (κ1) is 11.9. The van der Waals surface area contributed by atoms with Crippen molar-refractivity contribution < 1.29 is 10.2 Å². The molecule has 0 saturated carbocycles. The molecule has 2 rings (SSSR count). The number of aryl methyl sites for hydroxylation is 1. The van der Waals surface area contributed by atoms with Crippen LogP contribution >= 0.6 is 0 Å². The van der Waals surface area contributed by atoms with E-state index in [1.807, 2.05) is 19.1 Å². The monoisotopic (exact) mass is 230 g/mol. The van der Waals surface area contributed by atoms with Gasteiger partial charge in [-0.15, -0.1) is 0 Å². The molecule has 90 valence electrons. The van der Waals surface area contributed by atoms with Crippen molar-refractivity contribution in [2.45, 2.75) is 33.3 Å². The van der Waals surface area contributed by atoms with Crippen LogP contribution in [0.2, 0.25) is 0 Å². The summed E-state index contributed by atoms with van der Waals surface area (Å²) in [5.41, 5.74) is 2.95. The van der Waals surface area contributed by atoms with Gasteiger partial charge in [0, 0.05) is 0 Å². The molecule has 0 aromatic heterocycles. The zero-order valence-electron chi connectivity index (χ0n) is 10.5. The molecule has 0 saturated heterocycles. The maximum Gasteiger partial charge on any atom is 0.119 e. The van der Waals surface area contributed by atoms with E-state index in [1.54, 1.807) is 6.07 Å². The zero-order chi connectivity index (χ0) is 12.6. The number of hydrogen-bond acceptors (Lipinski definition) is 2. The molecule has 0 radical (unpaired) electrons. The Morgan fingerprint density at radius 1 is 1.12 bits per heavy atom. The molecular weight excluding hydrogens is 212 g/mol. The summed E-state index contributed by atoms with van der Waals surface area (Å²) >= 11 is 0. The van der Waals surface area contributed by atoms with Crippen LogP contribution in [0.1, 0.15) is 36.5 Å². The highest BCUT2D eigenvalue weighted by atomic mass is 16.3. The van der Waals surface area contributed by atoms with Gasteiger partial charge in [-0.1, -0.05) is 26.0 Å². The largest absolute Gasteiger partial charge is 0.508 e. The smallest absolute Gasteiger partial charge is 0.119 e. The highest BCUT2D eigenvalue weighted by Gasteiger charge is 2.08. The normalized spacial score (nSPS) is 11.4. The standard InChI is InChI=1S/C15H18O2/c1-9(2)11-5-12-4-10(3)15(17)7-14(12)13(6-11)8-16/h4-7,9,16-17H,8H2,1-3H3. The lowest BCUT2D eigenvalue weighted by molar-refractivity contribution is 0.283. The van der Waals surface area contributed by atoms with E-state index in [-0.39, 0.29) is 12.4 Å². The van der Waals surface area contributed by atoms with Crippen molar-refractivity contribution in [1.29, 1.82) is 0 Å². The highest BCUT2D eigenvalue weighted by Crippen LogP contribution is 2.30. The third-order valence-corrected chi connectivity index (χ3v) is 3.21. The van der Waals surface area contributed by atoms with Gasteiger partial charge in [0.1, 0.15) is 5.75 Å². The van der Waals surface area contributed by atoms with Gasteiger partial charge in [-0.3, -0.25) is 0 Å². The average Bonchev–Trinajstić information content (AvgIpc) is 2.29. The number of fused-ring (bicyclic) bond motifs is 1. The molecule has 2 aromatic rings. The number of rotatable bonds is 2. The van der Waals surface area contributed by atoms with Crippen molar-refractivity contribution in [3.8, 4) is 5.75 Å². The van der Waals surface area contributed by atoms with Crippen LogP contribution in [0.4, 0.5) is 0 Å². The molecule has 0 bridgehead atoms. The molecule has 2 nitrogen and oxygen atoms in total. The molecule has 2 aromatic carbocycles. The van der Waals surface area contributed by atoms with E-state index < -0.39 is 0 Å². The van der Waals surface area contributed by atoms with Gasteiger partial charge in [0.25, 0.3) is 0 Å². The van der Waals surface area contributed by atoms with E-state index in [9.17, 15) is 10.2 Å². The number of benzene rings is 2. The van der Waals surface area contributed by atoms with E-state index in [4.69, 9.17) is 0 Å². The summed E-state index contributed by atoms with van der Waals surface area (Å²) in [5.74, 6) is 0.711. The summed E-state index contributed by atoms with van der Waals surface area (Å²) in [4.78, 5) is 0. The van der Waals surface area contributed by atoms with Crippen molar-refractivity contribution in [2.75, 3.05) is 0 Å². The summed E-state index contributed by atoms with van der Waals surface area (Å²) in [6, 6.07) is 7.85. The predicted octanol–water partition coefficient (Wildman–Crippen LogP) is 3.47. The van der Waals surface area contributed by atoms with E-state index in [0.717, 1.165) is 21.9 Å². The Hall–Kier alpha value is -1.54. The third kappa shape index (κ3) is 2.13. The Morgan fingerprint density at radius 2 is 1.82 bits per heavy atom. The third-order valence-electron chi connectivity index (χ3n) is 3.21. The first-order valence-electron chi connectivity index (χ1n) is 5.90. The summed E-state index contributed by atoms with van der Waals surface area (Å²) in [5, 5.41) is 21.2. The Bertz CT molecular complexity index is 556. The molecule has 2 N–H and O–H groups in total. The fourth-order valence-electron chi connectivity index (χ4n) is 2.08. The lowest BCUT2D eigenvalue weighted by Gasteiger charge is -2.12. The minimum Gasteiger partial charge on any atom is -0.508 e. The van der Waals surface area contributed by atoms with Crippen LogP contribution in [0.3, 0.4) is 0 Å². The first-order valence-corrected chi connectivity index (χ1v) is 5.90. The van der Waals surface area contributed by atoms with E-state index in [2.05, 4.69) is 19.9 Å². The van der Waals surface area contributed by atoms with E-state index in [0.29, 0.717) is 5.92 Å². The van der Waals surface area contributed by atoms with E-state index in [1.165, 1.54) is 5.56 Å². The highest BCUT2D eigenvalue weighted by molar-refractivity contribution is 5.88. The summed E-state index contributed by atoms with van der Waals surface area (Å²) in [6.45, 7) is 6.15. The second-order valence-electron chi connectivity index (χ2n) is 4.85. The van der Waals surface area contributed by atoms with Crippen LogP contribution < -0.4 is 0 Å². The number of hydrogen-bond donors (Lipinski definition) is 2. The lowest BCUT2D eigenvalue weighted by atomic mass is 9.94. The maximum absolute atomic E-state index is 9.73. The Balaban J connectivity index is 2.78. The van der Waals surface area contributed by atoms with Crippen molar-refractivity contribution in [3.63, 3.8) is 0 Å². The molecule has 0 aliphatic carbocycles. The zero-order valence-corrected chi connectivity index (χ0v) is 10.5. The second-order valence-corrected chi connectivity index (χ2v) is 4.85. The van der Waals surface area contributed by atoms with Crippen molar-refractivity contribution >= 4 is 10.8 Å². The fourth-order valence-corrected chi connectivity index (χ4v) is 2.08. The van der Waals surface area contributed by atoms with Gasteiger partial charge in [0.15, 0.2) is 0 Å². The maximum atomic E-state index is 9.73. The number of phenols is 1. The first-order chi connectivity index (χ1) is 8.02. The predicted molar refractivity (Wildman–Crippen MR) is 70.4 cm³/mol. The fraction of sp³-hybridized carbons (Fsp3) is 0.333. The molecule has 0 atom stereocenters. The van der Waals surface area contributed by atoms with Crippen LogP contribution in [0.25, 0.3) is 10.8 Å². The summed E-state index contributed by atoms with van der Waals surface area (Å²) in [6.07, 6.45) is 0. The molecule has 0 aliphatic rings. The second kappa shape index (κ2) is 4.38. The van der Waals surface area contributed by atoms with Gasteiger partial charge < -0.3 is 10.2 Å². The SMILES string of the molecule is Cc1cc2cc(C(C)C)cc(CO)c2cc1O. The van der Waals surface area contributed by atoms with Crippen LogP contribution in [0, 0.1) is 6.92 Å². The molecule has 0 heterocycles. The van der Waals surface area contributed by atoms with Crippen LogP contribution in [-0.4, -0.2) is 10.2 Å². The Morgan fingerprint density at radius 3 is 2.41 bits per heavy atom. The van der Waals surface area contributed by atoms with Gasteiger partial charge in [-0.05, 0) is 52.4 Å². The Kier molecular flexibility index (Phi) is 3.07. The molecule has 0 aliphatic heterocycles. The van der Waals surface area contributed by atoms with Gasteiger partial charge in [-0.2, -0.15) is 0 Å². The molecule has 0 amide bonds. The van der Waals surface area contributed by atoms with Crippen molar-refractivity contribution in [1.82, 2.24) is 0 Å². The topological polar surface area (TPSA) is 40.5 Å². The van der Waals surface area contributed by atoms with Crippen LogP contribution in [-0.2, 0) is 6.61 Å². The number of aliphatic hydroxyl groups is 1. The number of aromatic hydroxyl groups is 1. The molecule has 0 spiro atoms. The van der Waals surface area contributed by atoms with Gasteiger partial charge in [0.05, 0.1) is 6.61 Å². The van der Waals surface area contributed by atoms with E-state index >= 15 is 0 Å². The van der Waals surface area contributed by atoms with Crippen molar-refractivity contribution in [2.24, 2.45) is 0 Å². The minimum absolute atomic E-state index is 0.000436. The molecule has 2 heteroatoms.